The van der Waals surface area contributed by atoms with Crippen molar-refractivity contribution in [2.24, 2.45) is 5.92 Å². The molecule has 4 rings (SSSR count). The van der Waals surface area contributed by atoms with Crippen LogP contribution in [-0.4, -0.2) is 52.0 Å². The maximum absolute atomic E-state index is 12.4. The van der Waals surface area contributed by atoms with Crippen molar-refractivity contribution in [1.29, 1.82) is 0 Å². The minimum Gasteiger partial charge on any atom is -0.369 e. The van der Waals surface area contributed by atoms with E-state index in [0.29, 0.717) is 6.54 Å². The summed E-state index contributed by atoms with van der Waals surface area (Å²) in [6.07, 6.45) is 14.2. The van der Waals surface area contributed by atoms with Gasteiger partial charge in [0.2, 0.25) is 11.9 Å². The van der Waals surface area contributed by atoms with Gasteiger partial charge in [0, 0.05) is 44.5 Å². The first-order valence-corrected chi connectivity index (χ1v) is 10.1. The Morgan fingerprint density at radius 2 is 1.68 bits per heavy atom. The summed E-state index contributed by atoms with van der Waals surface area (Å²) in [5, 5.41) is 2.98. The third-order valence-corrected chi connectivity index (χ3v) is 5.55. The predicted octanol–water partition coefficient (Wildman–Crippen LogP) is 1.79. The number of nitrogens with zero attached hydrogens (tertiary/aromatic N) is 6. The fourth-order valence-electron chi connectivity index (χ4n) is 3.88. The lowest BCUT2D eigenvalue weighted by Crippen LogP contribution is -2.40. The molecule has 0 spiro atoms. The molecule has 0 unspecified atom stereocenters. The van der Waals surface area contributed by atoms with Gasteiger partial charge in [-0.3, -0.25) is 14.8 Å². The minimum atomic E-state index is 0.0430. The molecule has 8 nitrogen and oxygen atoms in total. The van der Waals surface area contributed by atoms with Crippen LogP contribution in [-0.2, 0) is 11.3 Å². The zero-order valence-corrected chi connectivity index (χ0v) is 16.1. The van der Waals surface area contributed by atoms with E-state index in [1.807, 2.05) is 12.4 Å². The maximum atomic E-state index is 12.4. The normalized spacial score (nSPS) is 18.1. The van der Waals surface area contributed by atoms with Crippen molar-refractivity contribution in [3.63, 3.8) is 0 Å². The summed E-state index contributed by atoms with van der Waals surface area (Å²) in [4.78, 5) is 34.3. The van der Waals surface area contributed by atoms with Gasteiger partial charge in [-0.25, -0.2) is 9.97 Å². The van der Waals surface area contributed by atoms with Gasteiger partial charge in [0.05, 0.1) is 36.5 Å². The number of anilines is 2. The SMILES string of the molecule is O=C(NCc1cnccn1)C1CCN(c2cnc(N3CCCCC3)nc2)CC1. The van der Waals surface area contributed by atoms with Gasteiger partial charge in [-0.1, -0.05) is 0 Å². The smallest absolute Gasteiger partial charge is 0.225 e. The number of rotatable bonds is 5. The average molecular weight is 381 g/mol. The first-order chi connectivity index (χ1) is 13.8. The zero-order chi connectivity index (χ0) is 19.2. The third-order valence-electron chi connectivity index (χ3n) is 5.55. The Balaban J connectivity index is 1.26. The van der Waals surface area contributed by atoms with Crippen LogP contribution in [0.15, 0.2) is 31.0 Å². The lowest BCUT2D eigenvalue weighted by atomic mass is 9.95. The van der Waals surface area contributed by atoms with E-state index >= 15 is 0 Å². The number of aromatic nitrogens is 4. The summed E-state index contributed by atoms with van der Waals surface area (Å²) in [6.45, 7) is 4.22. The molecule has 8 heteroatoms. The number of amides is 1. The molecule has 1 N–H and O–H groups in total. The molecule has 2 aromatic heterocycles. The molecule has 2 fully saturated rings. The fraction of sp³-hybridized carbons (Fsp3) is 0.550. The molecular weight excluding hydrogens is 354 g/mol. The highest BCUT2D eigenvalue weighted by Gasteiger charge is 2.25. The van der Waals surface area contributed by atoms with E-state index in [1.54, 1.807) is 18.6 Å². The van der Waals surface area contributed by atoms with Gasteiger partial charge in [0.25, 0.3) is 0 Å². The third kappa shape index (κ3) is 4.55. The molecule has 0 bridgehead atoms. The fourth-order valence-corrected chi connectivity index (χ4v) is 3.88. The van der Waals surface area contributed by atoms with Crippen molar-refractivity contribution in [2.75, 3.05) is 36.0 Å². The van der Waals surface area contributed by atoms with Crippen molar-refractivity contribution < 1.29 is 4.79 Å². The first kappa shape index (κ1) is 18.6. The lowest BCUT2D eigenvalue weighted by molar-refractivity contribution is -0.125. The van der Waals surface area contributed by atoms with Crippen molar-refractivity contribution in [1.82, 2.24) is 25.3 Å². The van der Waals surface area contributed by atoms with Crippen LogP contribution in [0.3, 0.4) is 0 Å². The highest BCUT2D eigenvalue weighted by molar-refractivity contribution is 5.78. The molecule has 2 aromatic rings. The molecule has 0 saturated carbocycles. The van der Waals surface area contributed by atoms with Gasteiger partial charge >= 0.3 is 0 Å². The van der Waals surface area contributed by atoms with Crippen LogP contribution in [0.25, 0.3) is 0 Å². The molecular formula is C20H27N7O. The van der Waals surface area contributed by atoms with Crippen molar-refractivity contribution in [3.8, 4) is 0 Å². The van der Waals surface area contributed by atoms with Crippen LogP contribution >= 0.6 is 0 Å². The zero-order valence-electron chi connectivity index (χ0n) is 16.1. The van der Waals surface area contributed by atoms with E-state index in [4.69, 9.17) is 0 Å². The van der Waals surface area contributed by atoms with Crippen LogP contribution in [0, 0.1) is 5.92 Å². The molecule has 0 atom stereocenters. The Bertz CT molecular complexity index is 754. The Hall–Kier alpha value is -2.77. The number of carbonyl (C=O) groups excluding carboxylic acids is 1. The quantitative estimate of drug-likeness (QED) is 0.845. The number of nitrogens with one attached hydrogen (secondary N) is 1. The molecule has 148 valence electrons. The molecule has 0 aliphatic carbocycles. The topological polar surface area (TPSA) is 87.1 Å². The average Bonchev–Trinajstić information content (AvgIpc) is 2.79. The van der Waals surface area contributed by atoms with E-state index in [0.717, 1.165) is 56.4 Å². The van der Waals surface area contributed by atoms with Gasteiger partial charge in [0.1, 0.15) is 0 Å². The maximum Gasteiger partial charge on any atom is 0.225 e. The number of hydrogen-bond acceptors (Lipinski definition) is 7. The molecule has 0 radical (unpaired) electrons. The Morgan fingerprint density at radius 1 is 0.929 bits per heavy atom. The lowest BCUT2D eigenvalue weighted by Gasteiger charge is -2.33. The monoisotopic (exact) mass is 381 g/mol. The summed E-state index contributed by atoms with van der Waals surface area (Å²) >= 11 is 0. The van der Waals surface area contributed by atoms with Gasteiger partial charge in [-0.2, -0.15) is 0 Å². The van der Waals surface area contributed by atoms with Gasteiger partial charge in [-0.05, 0) is 32.1 Å². The standard InChI is InChI=1S/C20H27N7O/c28-19(23-13-17-12-21-6-7-22-17)16-4-10-26(11-5-16)18-14-24-20(25-15-18)27-8-2-1-3-9-27/h6-7,12,14-16H,1-5,8-11,13H2,(H,23,28). The van der Waals surface area contributed by atoms with Crippen LogP contribution in [0.1, 0.15) is 37.8 Å². The van der Waals surface area contributed by atoms with Crippen molar-refractivity contribution >= 4 is 17.5 Å². The number of carbonyl (C=O) groups is 1. The highest BCUT2D eigenvalue weighted by atomic mass is 16.1. The highest BCUT2D eigenvalue weighted by Crippen LogP contribution is 2.24. The van der Waals surface area contributed by atoms with Crippen molar-refractivity contribution in [3.05, 3.63) is 36.7 Å². The van der Waals surface area contributed by atoms with E-state index < -0.39 is 0 Å². The molecule has 4 heterocycles. The molecule has 2 aliphatic rings. The second kappa shape index (κ2) is 8.95. The van der Waals surface area contributed by atoms with E-state index in [9.17, 15) is 4.79 Å². The second-order valence-corrected chi connectivity index (χ2v) is 7.46. The van der Waals surface area contributed by atoms with Crippen LogP contribution in [0.4, 0.5) is 11.6 Å². The van der Waals surface area contributed by atoms with E-state index in [1.165, 1.54) is 19.3 Å². The van der Waals surface area contributed by atoms with Gasteiger partial charge < -0.3 is 15.1 Å². The van der Waals surface area contributed by atoms with Crippen molar-refractivity contribution in [2.45, 2.75) is 38.6 Å². The summed E-state index contributed by atoms with van der Waals surface area (Å²) in [5.41, 5.74) is 1.82. The summed E-state index contributed by atoms with van der Waals surface area (Å²) < 4.78 is 0. The molecule has 2 aliphatic heterocycles. The molecule has 1 amide bonds. The van der Waals surface area contributed by atoms with E-state index in [-0.39, 0.29) is 11.8 Å². The Morgan fingerprint density at radius 3 is 2.36 bits per heavy atom. The number of piperidine rings is 2. The Kier molecular flexibility index (Phi) is 5.94. The summed E-state index contributed by atoms with van der Waals surface area (Å²) in [5.74, 6) is 0.977. The van der Waals surface area contributed by atoms with Crippen LogP contribution in [0.5, 0.6) is 0 Å². The molecule has 2 saturated heterocycles. The second-order valence-electron chi connectivity index (χ2n) is 7.46. The molecule has 0 aromatic carbocycles. The van der Waals surface area contributed by atoms with Crippen LogP contribution < -0.4 is 15.1 Å². The van der Waals surface area contributed by atoms with Gasteiger partial charge in [-0.15, -0.1) is 0 Å². The molecule has 28 heavy (non-hydrogen) atoms. The minimum absolute atomic E-state index is 0.0430. The largest absolute Gasteiger partial charge is 0.369 e. The number of hydrogen-bond donors (Lipinski definition) is 1. The van der Waals surface area contributed by atoms with E-state index in [2.05, 4.69) is 35.1 Å². The van der Waals surface area contributed by atoms with Gasteiger partial charge in [0.15, 0.2) is 0 Å². The summed E-state index contributed by atoms with van der Waals surface area (Å²) in [7, 11) is 0. The predicted molar refractivity (Wildman–Crippen MR) is 107 cm³/mol. The van der Waals surface area contributed by atoms with Crippen LogP contribution in [0.2, 0.25) is 0 Å². The first-order valence-electron chi connectivity index (χ1n) is 10.1. The summed E-state index contributed by atoms with van der Waals surface area (Å²) in [6, 6.07) is 0. The Labute approximate surface area is 165 Å².